The Morgan fingerprint density at radius 1 is 0.640 bits per heavy atom. The van der Waals surface area contributed by atoms with Gasteiger partial charge >= 0.3 is 0 Å². The Morgan fingerprint density at radius 2 is 1.08 bits per heavy atom. The van der Waals surface area contributed by atoms with E-state index in [0.29, 0.717) is 0 Å². The standard InChI is InChI=1S/C24H25N/c1-3-4-5-6-19-7-9-20(10-8-19)21-11-13-22(14-12-21)23-15-17-24(25-2)18-16-23/h7-18H,2-6H2,1H3. The van der Waals surface area contributed by atoms with Gasteiger partial charge in [-0.25, -0.2) is 0 Å². The molecule has 126 valence electrons. The van der Waals surface area contributed by atoms with Crippen LogP contribution >= 0.6 is 0 Å². The summed E-state index contributed by atoms with van der Waals surface area (Å²) < 4.78 is 0. The van der Waals surface area contributed by atoms with Gasteiger partial charge in [-0.05, 0) is 59.5 Å². The van der Waals surface area contributed by atoms with Gasteiger partial charge in [-0.15, -0.1) is 0 Å². The summed E-state index contributed by atoms with van der Waals surface area (Å²) in [5, 5.41) is 0. The molecule has 1 heteroatoms. The molecule has 3 aromatic carbocycles. The van der Waals surface area contributed by atoms with E-state index >= 15 is 0 Å². The van der Waals surface area contributed by atoms with E-state index in [-0.39, 0.29) is 0 Å². The number of rotatable bonds is 7. The molecule has 0 radical (unpaired) electrons. The van der Waals surface area contributed by atoms with Crippen LogP contribution in [-0.4, -0.2) is 6.72 Å². The van der Waals surface area contributed by atoms with E-state index < -0.39 is 0 Å². The van der Waals surface area contributed by atoms with Gasteiger partial charge in [0.1, 0.15) is 0 Å². The summed E-state index contributed by atoms with van der Waals surface area (Å²) in [7, 11) is 0. The average molecular weight is 327 g/mol. The lowest BCUT2D eigenvalue weighted by atomic mass is 9.98. The average Bonchev–Trinajstić information content (AvgIpc) is 2.69. The maximum absolute atomic E-state index is 3.94. The van der Waals surface area contributed by atoms with Crippen molar-refractivity contribution in [3.63, 3.8) is 0 Å². The second-order valence-corrected chi connectivity index (χ2v) is 6.44. The van der Waals surface area contributed by atoms with Crippen LogP contribution in [0.4, 0.5) is 5.69 Å². The molecule has 0 aromatic heterocycles. The highest BCUT2D eigenvalue weighted by Gasteiger charge is 2.01. The molecule has 0 bridgehead atoms. The Balaban J connectivity index is 1.72. The number of nitrogens with zero attached hydrogens (tertiary/aromatic N) is 1. The third kappa shape index (κ3) is 4.45. The van der Waals surface area contributed by atoms with Gasteiger partial charge < -0.3 is 0 Å². The zero-order valence-corrected chi connectivity index (χ0v) is 14.9. The molecule has 0 aliphatic heterocycles. The quantitative estimate of drug-likeness (QED) is 0.324. The summed E-state index contributed by atoms with van der Waals surface area (Å²) in [5.74, 6) is 0. The molecular weight excluding hydrogens is 302 g/mol. The molecular formula is C24H25N. The zero-order chi connectivity index (χ0) is 17.5. The second kappa shape index (κ2) is 8.43. The van der Waals surface area contributed by atoms with E-state index in [9.17, 15) is 0 Å². The van der Waals surface area contributed by atoms with Crippen molar-refractivity contribution in [1.82, 2.24) is 0 Å². The molecule has 0 unspecified atom stereocenters. The first kappa shape index (κ1) is 17.2. The highest BCUT2D eigenvalue weighted by Crippen LogP contribution is 2.26. The maximum atomic E-state index is 3.94. The van der Waals surface area contributed by atoms with Crippen molar-refractivity contribution in [3.8, 4) is 22.3 Å². The molecule has 0 amide bonds. The van der Waals surface area contributed by atoms with Crippen molar-refractivity contribution in [1.29, 1.82) is 0 Å². The third-order valence-electron chi connectivity index (χ3n) is 4.62. The lowest BCUT2D eigenvalue weighted by molar-refractivity contribution is 0.717. The molecule has 0 saturated heterocycles. The minimum atomic E-state index is 0.902. The molecule has 3 rings (SSSR count). The van der Waals surface area contributed by atoms with Crippen molar-refractivity contribution < 1.29 is 0 Å². The Kier molecular flexibility index (Phi) is 5.79. The van der Waals surface area contributed by atoms with Gasteiger partial charge in [0.25, 0.3) is 0 Å². The number of aliphatic imine (C=N–C) groups is 1. The normalized spacial score (nSPS) is 10.6. The summed E-state index contributed by atoms with van der Waals surface area (Å²) in [6.45, 7) is 5.80. The van der Waals surface area contributed by atoms with Crippen LogP contribution in [-0.2, 0) is 6.42 Å². The highest BCUT2D eigenvalue weighted by atomic mass is 14.7. The molecule has 0 heterocycles. The predicted molar refractivity (Wildman–Crippen MR) is 110 cm³/mol. The van der Waals surface area contributed by atoms with Crippen LogP contribution in [0, 0.1) is 0 Å². The predicted octanol–water partition coefficient (Wildman–Crippen LogP) is 7.09. The first-order valence-electron chi connectivity index (χ1n) is 9.06. The Bertz CT molecular complexity index is 796. The molecule has 1 nitrogen and oxygen atoms in total. The van der Waals surface area contributed by atoms with Gasteiger partial charge in [0, 0.05) is 0 Å². The minimum Gasteiger partial charge on any atom is -0.265 e. The fourth-order valence-electron chi connectivity index (χ4n) is 3.06. The second-order valence-electron chi connectivity index (χ2n) is 6.44. The maximum Gasteiger partial charge on any atom is 0.0622 e. The topological polar surface area (TPSA) is 12.4 Å². The van der Waals surface area contributed by atoms with E-state index in [4.69, 9.17) is 0 Å². The fourth-order valence-corrected chi connectivity index (χ4v) is 3.06. The van der Waals surface area contributed by atoms with Gasteiger partial charge in [-0.3, -0.25) is 4.99 Å². The summed E-state index contributed by atoms with van der Waals surface area (Å²) >= 11 is 0. The zero-order valence-electron chi connectivity index (χ0n) is 14.9. The van der Waals surface area contributed by atoms with Gasteiger partial charge in [0.15, 0.2) is 0 Å². The van der Waals surface area contributed by atoms with Crippen LogP contribution in [0.25, 0.3) is 22.3 Å². The van der Waals surface area contributed by atoms with Gasteiger partial charge in [0.05, 0.1) is 5.69 Å². The largest absolute Gasteiger partial charge is 0.265 e. The van der Waals surface area contributed by atoms with E-state index in [2.05, 4.69) is 79.3 Å². The molecule has 0 aliphatic carbocycles. The van der Waals surface area contributed by atoms with Gasteiger partial charge in [0.2, 0.25) is 0 Å². The van der Waals surface area contributed by atoms with Crippen molar-refractivity contribution in [2.24, 2.45) is 4.99 Å². The fraction of sp³-hybridized carbons (Fsp3) is 0.208. The number of hydrogen-bond donors (Lipinski definition) is 0. The van der Waals surface area contributed by atoms with Crippen LogP contribution in [0.3, 0.4) is 0 Å². The van der Waals surface area contributed by atoms with E-state index in [0.717, 1.165) is 5.69 Å². The SMILES string of the molecule is C=Nc1ccc(-c2ccc(-c3ccc(CCCCC)cc3)cc2)cc1. The van der Waals surface area contributed by atoms with E-state index in [1.54, 1.807) is 0 Å². The molecule has 0 fully saturated rings. The number of hydrogen-bond acceptors (Lipinski definition) is 1. The first-order valence-corrected chi connectivity index (χ1v) is 9.06. The number of benzene rings is 3. The summed E-state index contributed by atoms with van der Waals surface area (Å²) in [6, 6.07) is 25.9. The van der Waals surface area contributed by atoms with E-state index in [1.165, 1.54) is 53.5 Å². The van der Waals surface area contributed by atoms with Crippen molar-refractivity contribution in [2.45, 2.75) is 32.6 Å². The summed E-state index contributed by atoms with van der Waals surface area (Å²) in [6.07, 6.45) is 5.05. The minimum absolute atomic E-state index is 0.902. The summed E-state index contributed by atoms with van der Waals surface area (Å²) in [4.78, 5) is 3.94. The Morgan fingerprint density at radius 3 is 1.52 bits per heavy atom. The highest BCUT2D eigenvalue weighted by molar-refractivity contribution is 5.71. The molecule has 0 N–H and O–H groups in total. The van der Waals surface area contributed by atoms with Gasteiger partial charge in [-0.2, -0.15) is 0 Å². The number of unbranched alkanes of at least 4 members (excludes halogenated alkanes) is 2. The third-order valence-corrected chi connectivity index (χ3v) is 4.62. The lowest BCUT2D eigenvalue weighted by Crippen LogP contribution is -1.86. The van der Waals surface area contributed by atoms with Crippen molar-refractivity contribution in [2.75, 3.05) is 0 Å². The van der Waals surface area contributed by atoms with Crippen LogP contribution in [0.15, 0.2) is 77.8 Å². The molecule has 3 aromatic rings. The van der Waals surface area contributed by atoms with Crippen LogP contribution in [0.5, 0.6) is 0 Å². The molecule has 0 aliphatic rings. The van der Waals surface area contributed by atoms with Crippen molar-refractivity contribution in [3.05, 3.63) is 78.4 Å². The van der Waals surface area contributed by atoms with Crippen molar-refractivity contribution >= 4 is 12.4 Å². The number of aryl methyl sites for hydroxylation is 1. The summed E-state index contributed by atoms with van der Waals surface area (Å²) in [5.41, 5.74) is 7.29. The monoisotopic (exact) mass is 327 g/mol. The molecule has 0 saturated carbocycles. The van der Waals surface area contributed by atoms with Crippen LogP contribution in [0.1, 0.15) is 31.7 Å². The Labute approximate surface area is 151 Å². The Hall–Kier alpha value is -2.67. The van der Waals surface area contributed by atoms with Crippen LogP contribution in [0.2, 0.25) is 0 Å². The smallest absolute Gasteiger partial charge is 0.0622 e. The van der Waals surface area contributed by atoms with Crippen LogP contribution < -0.4 is 0 Å². The lowest BCUT2D eigenvalue weighted by Gasteiger charge is -2.07. The van der Waals surface area contributed by atoms with E-state index in [1.807, 2.05) is 12.1 Å². The molecule has 0 atom stereocenters. The molecule has 25 heavy (non-hydrogen) atoms. The first-order chi connectivity index (χ1) is 12.3. The van der Waals surface area contributed by atoms with Gasteiger partial charge in [-0.1, -0.05) is 80.4 Å². The molecule has 0 spiro atoms.